The Kier molecular flexibility index (Phi) is 6.48. The van der Waals surface area contributed by atoms with Crippen molar-refractivity contribution in [1.29, 1.82) is 5.26 Å². The van der Waals surface area contributed by atoms with E-state index in [-0.39, 0.29) is 38.4 Å². The first-order valence-electron chi connectivity index (χ1n) is 11.1. The van der Waals surface area contributed by atoms with Gasteiger partial charge in [0.1, 0.15) is 23.6 Å². The van der Waals surface area contributed by atoms with Gasteiger partial charge in [-0.05, 0) is 60.2 Å². The molecule has 190 valence electrons. The predicted molar refractivity (Wildman–Crippen MR) is 139 cm³/mol. The number of aromatic nitrogens is 2. The van der Waals surface area contributed by atoms with E-state index in [2.05, 4.69) is 11.2 Å². The van der Waals surface area contributed by atoms with Gasteiger partial charge >= 0.3 is 0 Å². The Labute approximate surface area is 221 Å². The molecule has 0 atom stereocenters. The van der Waals surface area contributed by atoms with Crippen molar-refractivity contribution in [2.75, 3.05) is 7.11 Å². The summed E-state index contributed by atoms with van der Waals surface area (Å²) >= 11 is 6.02. The molecule has 0 spiro atoms. The number of nitrogens with zero attached hydrogens (tertiary/aromatic N) is 3. The number of fused-ring (bicyclic) bond motifs is 1. The van der Waals surface area contributed by atoms with Crippen molar-refractivity contribution in [2.24, 2.45) is 0 Å². The van der Waals surface area contributed by atoms with Crippen LogP contribution in [0.4, 0.5) is 4.39 Å². The van der Waals surface area contributed by atoms with Gasteiger partial charge in [-0.3, -0.25) is 9.36 Å². The summed E-state index contributed by atoms with van der Waals surface area (Å²) in [5, 5.41) is 14.2. The topological polar surface area (TPSA) is 115 Å². The molecule has 3 aromatic carbocycles. The van der Waals surface area contributed by atoms with Gasteiger partial charge in [0.05, 0.1) is 40.5 Å². The molecular formula is C27H17ClFN3O5S. The highest BCUT2D eigenvalue weighted by atomic mass is 35.5. The van der Waals surface area contributed by atoms with Crippen molar-refractivity contribution in [3.05, 3.63) is 105 Å². The van der Waals surface area contributed by atoms with E-state index in [1.54, 1.807) is 0 Å². The molecule has 0 unspecified atom stereocenters. The van der Waals surface area contributed by atoms with Crippen LogP contribution in [0.5, 0.6) is 5.75 Å². The highest BCUT2D eigenvalue weighted by molar-refractivity contribution is 7.90. The number of methoxy groups -OCH3 is 1. The molecule has 0 fully saturated rings. The SMILES string of the molecule is COc1cc(-c2cc(F)cc(Cl)c2)c(C#N)cc1-n1c(=O)ccc2cc(S(=O)(=O)Cc3ccon3)ccc21. The summed E-state index contributed by atoms with van der Waals surface area (Å²) in [7, 11) is -2.35. The van der Waals surface area contributed by atoms with Crippen LogP contribution in [0, 0.1) is 17.1 Å². The Morgan fingerprint density at radius 3 is 2.61 bits per heavy atom. The van der Waals surface area contributed by atoms with Crippen LogP contribution in [0.2, 0.25) is 5.02 Å². The van der Waals surface area contributed by atoms with Crippen LogP contribution in [0.1, 0.15) is 11.3 Å². The van der Waals surface area contributed by atoms with E-state index in [1.807, 2.05) is 0 Å². The molecule has 11 heteroatoms. The van der Waals surface area contributed by atoms with Gasteiger partial charge in [-0.1, -0.05) is 16.8 Å². The van der Waals surface area contributed by atoms with Crippen LogP contribution in [0.15, 0.2) is 87.2 Å². The molecule has 5 rings (SSSR count). The first kappa shape index (κ1) is 25.2. The second kappa shape index (κ2) is 9.78. The van der Waals surface area contributed by atoms with Crippen molar-refractivity contribution in [3.63, 3.8) is 0 Å². The Balaban J connectivity index is 1.68. The maximum atomic E-state index is 14.0. The monoisotopic (exact) mass is 549 g/mol. The second-order valence-corrected chi connectivity index (χ2v) is 10.7. The third-order valence-electron chi connectivity index (χ3n) is 5.91. The zero-order valence-electron chi connectivity index (χ0n) is 19.7. The fraction of sp³-hybridized carbons (Fsp3) is 0.0741. The quantitative estimate of drug-likeness (QED) is 0.282. The van der Waals surface area contributed by atoms with Gasteiger partial charge in [-0.25, -0.2) is 12.8 Å². The summed E-state index contributed by atoms with van der Waals surface area (Å²) in [5.74, 6) is -0.685. The number of halogens is 2. The third-order valence-corrected chi connectivity index (χ3v) is 7.77. The molecular weight excluding hydrogens is 533 g/mol. The summed E-state index contributed by atoms with van der Waals surface area (Å²) < 4.78 is 51.5. The Hall–Kier alpha value is -4.46. The molecule has 0 N–H and O–H groups in total. The molecule has 0 aliphatic heterocycles. The predicted octanol–water partition coefficient (Wildman–Crippen LogP) is 5.29. The number of hydrogen-bond acceptors (Lipinski definition) is 7. The molecule has 0 saturated carbocycles. The molecule has 38 heavy (non-hydrogen) atoms. The van der Waals surface area contributed by atoms with Crippen LogP contribution < -0.4 is 10.3 Å². The van der Waals surface area contributed by atoms with Crippen molar-refractivity contribution in [3.8, 4) is 28.6 Å². The van der Waals surface area contributed by atoms with E-state index < -0.39 is 21.2 Å². The van der Waals surface area contributed by atoms with Crippen LogP contribution in [0.3, 0.4) is 0 Å². The van der Waals surface area contributed by atoms with E-state index in [9.17, 15) is 22.9 Å². The number of sulfone groups is 1. The van der Waals surface area contributed by atoms with Gasteiger partial charge < -0.3 is 9.26 Å². The zero-order valence-corrected chi connectivity index (χ0v) is 21.3. The van der Waals surface area contributed by atoms with Gasteiger partial charge in [0.15, 0.2) is 9.84 Å². The number of ether oxygens (including phenoxy) is 1. The van der Waals surface area contributed by atoms with Gasteiger partial charge in [0, 0.05) is 28.1 Å². The first-order valence-corrected chi connectivity index (χ1v) is 13.1. The van der Waals surface area contributed by atoms with Gasteiger partial charge in [0.2, 0.25) is 0 Å². The zero-order chi connectivity index (χ0) is 27.0. The van der Waals surface area contributed by atoms with Crippen molar-refractivity contribution < 1.29 is 22.1 Å². The first-order chi connectivity index (χ1) is 18.2. The summed E-state index contributed by atoms with van der Waals surface area (Å²) in [4.78, 5) is 13.1. The Morgan fingerprint density at radius 2 is 1.92 bits per heavy atom. The van der Waals surface area contributed by atoms with E-state index in [0.717, 1.165) is 6.07 Å². The van der Waals surface area contributed by atoms with Crippen LogP contribution in [0.25, 0.3) is 27.7 Å². The van der Waals surface area contributed by atoms with Crippen molar-refractivity contribution in [2.45, 2.75) is 10.6 Å². The Bertz CT molecular complexity index is 1890. The molecule has 0 radical (unpaired) electrons. The summed E-state index contributed by atoms with van der Waals surface area (Å²) in [6, 6.07) is 17.6. The minimum Gasteiger partial charge on any atom is -0.495 e. The smallest absolute Gasteiger partial charge is 0.255 e. The number of nitriles is 1. The minimum atomic E-state index is -3.75. The summed E-state index contributed by atoms with van der Waals surface area (Å²) in [6.07, 6.45) is 1.29. The van der Waals surface area contributed by atoms with E-state index in [4.69, 9.17) is 20.9 Å². The van der Waals surface area contributed by atoms with Gasteiger partial charge in [-0.15, -0.1) is 0 Å². The molecule has 0 aliphatic rings. The van der Waals surface area contributed by atoms with E-state index in [0.29, 0.717) is 22.0 Å². The molecule has 8 nitrogen and oxygen atoms in total. The van der Waals surface area contributed by atoms with E-state index in [1.165, 1.54) is 78.6 Å². The lowest BCUT2D eigenvalue weighted by Gasteiger charge is -2.17. The maximum absolute atomic E-state index is 14.0. The number of hydrogen-bond donors (Lipinski definition) is 0. The second-order valence-electron chi connectivity index (χ2n) is 8.32. The van der Waals surface area contributed by atoms with Gasteiger partial charge in [0.25, 0.3) is 5.56 Å². The lowest BCUT2D eigenvalue weighted by Crippen LogP contribution is -2.18. The lowest BCUT2D eigenvalue weighted by molar-refractivity contribution is 0.413. The van der Waals surface area contributed by atoms with Crippen molar-refractivity contribution >= 4 is 32.3 Å². The highest BCUT2D eigenvalue weighted by Gasteiger charge is 2.20. The van der Waals surface area contributed by atoms with Crippen LogP contribution in [-0.2, 0) is 15.6 Å². The Morgan fingerprint density at radius 1 is 1.11 bits per heavy atom. The highest BCUT2D eigenvalue weighted by Crippen LogP contribution is 2.35. The molecule has 5 aromatic rings. The van der Waals surface area contributed by atoms with E-state index >= 15 is 0 Å². The molecule has 2 heterocycles. The maximum Gasteiger partial charge on any atom is 0.255 e. The number of rotatable bonds is 6. The average Bonchev–Trinajstić information content (AvgIpc) is 3.39. The summed E-state index contributed by atoms with van der Waals surface area (Å²) in [5.41, 5.74) is 1.36. The average molecular weight is 550 g/mol. The molecule has 0 saturated heterocycles. The van der Waals surface area contributed by atoms with Gasteiger partial charge in [-0.2, -0.15) is 5.26 Å². The number of benzene rings is 3. The molecule has 0 bridgehead atoms. The number of pyridine rings is 1. The largest absolute Gasteiger partial charge is 0.495 e. The molecule has 0 aliphatic carbocycles. The fourth-order valence-corrected chi connectivity index (χ4v) is 5.71. The molecule has 2 aromatic heterocycles. The minimum absolute atomic E-state index is 0.0428. The lowest BCUT2D eigenvalue weighted by atomic mass is 9.98. The van der Waals surface area contributed by atoms with Crippen LogP contribution in [-0.4, -0.2) is 25.3 Å². The summed E-state index contributed by atoms with van der Waals surface area (Å²) in [6.45, 7) is 0. The third kappa shape index (κ3) is 4.65. The molecule has 0 amide bonds. The normalized spacial score (nSPS) is 11.4. The van der Waals surface area contributed by atoms with Crippen LogP contribution >= 0.6 is 11.6 Å². The van der Waals surface area contributed by atoms with Crippen molar-refractivity contribution in [1.82, 2.24) is 9.72 Å². The fourth-order valence-electron chi connectivity index (χ4n) is 4.20. The standard InChI is InChI=1S/C27H17ClFN3O5S/c1-36-26-13-23(17-8-19(28)12-20(29)9-17)18(14-30)11-25(26)32-24-4-3-22(10-16(24)2-5-27(32)33)38(34,35)15-21-6-7-37-31-21/h2-13H,15H2,1H3.